The van der Waals surface area contributed by atoms with Crippen LogP contribution in [0.3, 0.4) is 0 Å². The monoisotopic (exact) mass is 371 g/mol. The smallest absolute Gasteiger partial charge is 0.224 e. The van der Waals surface area contributed by atoms with Crippen LogP contribution in [0.5, 0.6) is 0 Å². The minimum atomic E-state index is -0.322. The number of carbonyl (C=O) groups is 1. The van der Waals surface area contributed by atoms with Gasteiger partial charge in [0.15, 0.2) is 5.17 Å². The summed E-state index contributed by atoms with van der Waals surface area (Å²) in [5.74, 6) is 0.540. The maximum atomic E-state index is 12.9. The lowest BCUT2D eigenvalue weighted by molar-refractivity contribution is -0.116. The van der Waals surface area contributed by atoms with Crippen molar-refractivity contribution >= 4 is 28.5 Å². The molecule has 0 spiro atoms. The van der Waals surface area contributed by atoms with Gasteiger partial charge in [0, 0.05) is 17.9 Å². The molecule has 0 radical (unpaired) electrons. The first-order valence-corrected chi connectivity index (χ1v) is 9.56. The third-order valence-corrected chi connectivity index (χ3v) is 5.31. The summed E-state index contributed by atoms with van der Waals surface area (Å²) in [6.45, 7) is 2.10. The minimum Gasteiger partial charge on any atom is -0.379 e. The highest BCUT2D eigenvalue weighted by molar-refractivity contribution is 8.13. The molecule has 0 aliphatic carbocycles. The van der Waals surface area contributed by atoms with Crippen LogP contribution in [-0.2, 0) is 16.8 Å². The molecule has 1 amide bonds. The second-order valence-corrected chi connectivity index (χ2v) is 7.69. The van der Waals surface area contributed by atoms with Crippen molar-refractivity contribution in [3.05, 3.63) is 65.5 Å². The van der Waals surface area contributed by atoms with Gasteiger partial charge in [-0.15, -0.1) is 0 Å². The molecule has 1 heterocycles. The van der Waals surface area contributed by atoms with E-state index in [0.717, 1.165) is 23.3 Å². The summed E-state index contributed by atoms with van der Waals surface area (Å²) in [6, 6.07) is 14.0. The number of anilines is 1. The van der Waals surface area contributed by atoms with Gasteiger partial charge in [-0.1, -0.05) is 36.0 Å². The van der Waals surface area contributed by atoms with E-state index in [1.807, 2.05) is 12.1 Å². The Morgan fingerprint density at radius 2 is 2.08 bits per heavy atom. The number of hydrogen-bond acceptors (Lipinski definition) is 4. The Hall–Kier alpha value is -2.34. The normalized spacial score (nSPS) is 19.7. The fraction of sp³-hybridized carbons (Fsp3) is 0.300. The zero-order valence-electron chi connectivity index (χ0n) is 14.7. The molecule has 26 heavy (non-hydrogen) atoms. The van der Waals surface area contributed by atoms with E-state index in [-0.39, 0.29) is 17.3 Å². The highest BCUT2D eigenvalue weighted by Crippen LogP contribution is 2.35. The number of aryl methyl sites for hydroxylation is 1. The van der Waals surface area contributed by atoms with Gasteiger partial charge in [-0.2, -0.15) is 0 Å². The van der Waals surface area contributed by atoms with Crippen LogP contribution in [0.1, 0.15) is 30.9 Å². The number of carbonyl (C=O) groups excluding carboxylic acids is 1. The lowest BCUT2D eigenvalue weighted by Crippen LogP contribution is -2.28. The van der Waals surface area contributed by atoms with E-state index in [2.05, 4.69) is 29.4 Å². The maximum absolute atomic E-state index is 12.9. The number of amides is 1. The molecule has 0 saturated carbocycles. The Morgan fingerprint density at radius 3 is 2.81 bits per heavy atom. The number of amidine groups is 1. The first kappa shape index (κ1) is 18.5. The molecule has 0 saturated heterocycles. The van der Waals surface area contributed by atoms with Crippen LogP contribution < -0.4 is 11.1 Å². The molecule has 3 rings (SSSR count). The fourth-order valence-corrected chi connectivity index (χ4v) is 3.95. The predicted molar refractivity (Wildman–Crippen MR) is 106 cm³/mol. The summed E-state index contributed by atoms with van der Waals surface area (Å²) in [7, 11) is 0. The topological polar surface area (TPSA) is 67.5 Å². The number of rotatable bonds is 5. The van der Waals surface area contributed by atoms with E-state index in [9.17, 15) is 9.18 Å². The zero-order chi connectivity index (χ0) is 18.6. The van der Waals surface area contributed by atoms with Gasteiger partial charge in [-0.3, -0.25) is 9.79 Å². The van der Waals surface area contributed by atoms with Gasteiger partial charge in [0.25, 0.3) is 0 Å². The average molecular weight is 371 g/mol. The van der Waals surface area contributed by atoms with Gasteiger partial charge < -0.3 is 11.1 Å². The summed E-state index contributed by atoms with van der Waals surface area (Å²) < 4.78 is 12.9. The molecular weight excluding hydrogens is 349 g/mol. The van der Waals surface area contributed by atoms with Crippen LogP contribution in [0.15, 0.2) is 53.5 Å². The Kier molecular flexibility index (Phi) is 5.61. The highest BCUT2D eigenvalue weighted by atomic mass is 32.2. The molecule has 0 bridgehead atoms. The van der Waals surface area contributed by atoms with Crippen molar-refractivity contribution in [2.75, 3.05) is 11.1 Å². The van der Waals surface area contributed by atoms with Crippen LogP contribution >= 0.6 is 11.8 Å². The molecule has 1 aliphatic rings. The summed E-state index contributed by atoms with van der Waals surface area (Å²) >= 11 is 1.59. The number of halogens is 1. The Labute approximate surface area is 157 Å². The Bertz CT molecular complexity index is 822. The Morgan fingerprint density at radius 1 is 1.31 bits per heavy atom. The number of nitrogens with one attached hydrogen (secondary N) is 1. The summed E-state index contributed by atoms with van der Waals surface area (Å²) in [6.07, 6.45) is 1.93. The number of benzene rings is 2. The van der Waals surface area contributed by atoms with Gasteiger partial charge in [0.2, 0.25) is 5.91 Å². The molecule has 136 valence electrons. The van der Waals surface area contributed by atoms with Gasteiger partial charge >= 0.3 is 0 Å². The summed E-state index contributed by atoms with van der Waals surface area (Å²) in [5.41, 5.74) is 8.41. The molecule has 2 aromatic rings. The summed E-state index contributed by atoms with van der Waals surface area (Å²) in [4.78, 5) is 16.7. The van der Waals surface area contributed by atoms with Crippen molar-refractivity contribution in [1.29, 1.82) is 0 Å². The second-order valence-electron chi connectivity index (χ2n) is 6.58. The van der Waals surface area contributed by atoms with Gasteiger partial charge in [-0.25, -0.2) is 4.39 Å². The number of nitrogens with two attached hydrogens (primary N) is 1. The van der Waals surface area contributed by atoms with Crippen molar-refractivity contribution in [2.24, 2.45) is 10.7 Å². The summed E-state index contributed by atoms with van der Waals surface area (Å²) in [5, 5.41) is 3.41. The van der Waals surface area contributed by atoms with E-state index < -0.39 is 0 Å². The first-order valence-electron chi connectivity index (χ1n) is 8.58. The number of nitrogens with zero attached hydrogens (tertiary/aromatic N) is 1. The lowest BCUT2D eigenvalue weighted by atomic mass is 9.88. The van der Waals surface area contributed by atoms with Crippen LogP contribution in [-0.4, -0.2) is 16.8 Å². The van der Waals surface area contributed by atoms with Crippen molar-refractivity contribution in [3.63, 3.8) is 0 Å². The quantitative estimate of drug-likeness (QED) is 0.833. The largest absolute Gasteiger partial charge is 0.379 e. The second kappa shape index (κ2) is 7.91. The number of thioether (sulfide) groups is 1. The third kappa shape index (κ3) is 4.64. The molecule has 1 unspecified atom stereocenters. The van der Waals surface area contributed by atoms with Crippen molar-refractivity contribution in [1.82, 2.24) is 0 Å². The SMILES string of the molecule is CC1(c2cccc(CCC(=O)Nc3ccc(F)cc3)c2)CCSC(N)=N1. The molecule has 1 aliphatic heterocycles. The zero-order valence-corrected chi connectivity index (χ0v) is 15.5. The molecule has 6 heteroatoms. The fourth-order valence-electron chi connectivity index (χ4n) is 2.97. The van der Waals surface area contributed by atoms with E-state index >= 15 is 0 Å². The average Bonchev–Trinajstić information content (AvgIpc) is 2.62. The van der Waals surface area contributed by atoms with Crippen LogP contribution in [0, 0.1) is 5.82 Å². The number of hydrogen-bond donors (Lipinski definition) is 2. The Balaban J connectivity index is 1.63. The maximum Gasteiger partial charge on any atom is 0.224 e. The molecule has 4 nitrogen and oxygen atoms in total. The minimum absolute atomic E-state index is 0.0930. The highest BCUT2D eigenvalue weighted by Gasteiger charge is 2.29. The van der Waals surface area contributed by atoms with Gasteiger partial charge in [0.05, 0.1) is 5.54 Å². The van der Waals surface area contributed by atoms with Gasteiger partial charge in [-0.05, 0) is 55.2 Å². The molecule has 0 fully saturated rings. The molecule has 3 N–H and O–H groups in total. The molecule has 2 aromatic carbocycles. The van der Waals surface area contributed by atoms with Crippen molar-refractivity contribution < 1.29 is 9.18 Å². The standard InChI is InChI=1S/C20H22FN3OS/c1-20(11-12-26-19(22)24-20)15-4-2-3-14(13-15)5-10-18(25)23-17-8-6-16(21)7-9-17/h2-4,6-9,13H,5,10-12H2,1H3,(H2,22,24)(H,23,25). The van der Waals surface area contributed by atoms with Gasteiger partial charge in [0.1, 0.15) is 5.82 Å². The van der Waals surface area contributed by atoms with Crippen LogP contribution in [0.4, 0.5) is 10.1 Å². The van der Waals surface area contributed by atoms with E-state index in [1.54, 1.807) is 23.9 Å². The van der Waals surface area contributed by atoms with E-state index in [4.69, 9.17) is 5.73 Å². The van der Waals surface area contributed by atoms with E-state index in [1.165, 1.54) is 12.1 Å². The predicted octanol–water partition coefficient (Wildman–Crippen LogP) is 4.06. The molecular formula is C20H22FN3OS. The van der Waals surface area contributed by atoms with Crippen molar-refractivity contribution in [3.8, 4) is 0 Å². The van der Waals surface area contributed by atoms with E-state index in [0.29, 0.717) is 23.7 Å². The lowest BCUT2D eigenvalue weighted by Gasteiger charge is -2.30. The number of aliphatic imine (C=N–C) groups is 1. The van der Waals surface area contributed by atoms with Crippen LogP contribution in [0.25, 0.3) is 0 Å². The third-order valence-electron chi connectivity index (χ3n) is 4.51. The first-order chi connectivity index (χ1) is 12.4. The van der Waals surface area contributed by atoms with Crippen LogP contribution in [0.2, 0.25) is 0 Å². The van der Waals surface area contributed by atoms with Crippen molar-refractivity contribution in [2.45, 2.75) is 31.7 Å². The molecule has 0 aromatic heterocycles. The molecule has 1 atom stereocenters.